The van der Waals surface area contributed by atoms with Gasteiger partial charge in [-0.25, -0.2) is 9.78 Å². The number of methoxy groups -OCH3 is 1. The minimum absolute atomic E-state index is 0.0969. The third-order valence-corrected chi connectivity index (χ3v) is 10.1. The number of carbonyl (C=O) groups excluding carboxylic acids is 2. The van der Waals surface area contributed by atoms with Crippen molar-refractivity contribution < 1.29 is 24.3 Å². The van der Waals surface area contributed by atoms with Crippen molar-refractivity contribution in [1.82, 2.24) is 15.3 Å². The zero-order chi connectivity index (χ0) is 26.2. The van der Waals surface area contributed by atoms with E-state index in [4.69, 9.17) is 9.57 Å². The van der Waals surface area contributed by atoms with Gasteiger partial charge in [-0.3, -0.25) is 4.79 Å². The molecule has 0 saturated heterocycles. The van der Waals surface area contributed by atoms with Crippen molar-refractivity contribution in [2.45, 2.75) is 83.8 Å². The molecule has 0 bridgehead atoms. The van der Waals surface area contributed by atoms with Gasteiger partial charge >= 0.3 is 5.97 Å². The Kier molecular flexibility index (Phi) is 7.18. The topological polar surface area (TPSA) is 126 Å². The molecule has 9 heteroatoms. The first-order valence-corrected chi connectivity index (χ1v) is 13.7. The minimum atomic E-state index is -0.833. The molecule has 1 aromatic rings. The van der Waals surface area contributed by atoms with E-state index in [2.05, 4.69) is 40.4 Å². The van der Waals surface area contributed by atoms with Gasteiger partial charge in [-0.1, -0.05) is 24.6 Å². The Bertz CT molecular complexity index is 1070. The molecule has 0 unspecified atom stereocenters. The molecule has 1 amide bonds. The fourth-order valence-electron chi connectivity index (χ4n) is 7.98. The first-order valence-electron chi connectivity index (χ1n) is 13.7. The number of hydrogen-bond donors (Lipinski definition) is 3. The van der Waals surface area contributed by atoms with Gasteiger partial charge in [0.05, 0.1) is 25.3 Å². The Morgan fingerprint density at radius 1 is 1.22 bits per heavy atom. The van der Waals surface area contributed by atoms with E-state index in [9.17, 15) is 14.7 Å². The van der Waals surface area contributed by atoms with Gasteiger partial charge in [-0.05, 0) is 86.0 Å². The van der Waals surface area contributed by atoms with Crippen LogP contribution in [0.5, 0.6) is 0 Å². The smallest absolute Gasteiger partial charge is 0.328 e. The number of imidazole rings is 1. The molecule has 5 rings (SSSR count). The number of amides is 1. The van der Waals surface area contributed by atoms with Crippen LogP contribution in [0.4, 0.5) is 0 Å². The molecule has 3 N–H and O–H groups in total. The third-order valence-electron chi connectivity index (χ3n) is 10.1. The number of aliphatic hydroxyl groups is 1. The number of nitrogens with zero attached hydrogens (tertiary/aromatic N) is 2. The van der Waals surface area contributed by atoms with Gasteiger partial charge < -0.3 is 25.0 Å². The van der Waals surface area contributed by atoms with Crippen molar-refractivity contribution in [2.75, 3.05) is 13.7 Å². The van der Waals surface area contributed by atoms with Crippen molar-refractivity contribution in [3.8, 4) is 0 Å². The summed E-state index contributed by atoms with van der Waals surface area (Å²) in [5.41, 5.74) is 3.32. The summed E-state index contributed by atoms with van der Waals surface area (Å²) in [6.07, 6.45) is 13.9. The van der Waals surface area contributed by atoms with Crippen LogP contribution in [-0.4, -0.2) is 58.5 Å². The maximum absolute atomic E-state index is 12.4. The molecule has 0 radical (unpaired) electrons. The first kappa shape index (κ1) is 25.9. The summed E-state index contributed by atoms with van der Waals surface area (Å²) in [4.78, 5) is 36.8. The monoisotopic (exact) mass is 512 g/mol. The lowest BCUT2D eigenvalue weighted by atomic mass is 9.47. The predicted octanol–water partition coefficient (Wildman–Crippen LogP) is 3.31. The van der Waals surface area contributed by atoms with E-state index in [1.807, 2.05) is 0 Å². The number of hydrogen-bond acceptors (Lipinski definition) is 7. The van der Waals surface area contributed by atoms with E-state index in [0.29, 0.717) is 17.8 Å². The number of allylic oxidation sites excluding steroid dienone is 2. The summed E-state index contributed by atoms with van der Waals surface area (Å²) in [5, 5.41) is 17.6. The number of carbonyl (C=O) groups is 2. The van der Waals surface area contributed by atoms with Gasteiger partial charge in [0.25, 0.3) is 5.91 Å². The average Bonchev–Trinajstić information content (AvgIpc) is 3.50. The highest BCUT2D eigenvalue weighted by Gasteiger charge is 2.58. The van der Waals surface area contributed by atoms with Crippen LogP contribution in [0.15, 0.2) is 29.3 Å². The highest BCUT2D eigenvalue weighted by molar-refractivity contribution is 5.96. The number of esters is 1. The molecule has 9 nitrogen and oxygen atoms in total. The number of oxime groups is 1. The summed E-state index contributed by atoms with van der Waals surface area (Å²) >= 11 is 0. The van der Waals surface area contributed by atoms with Gasteiger partial charge in [0.15, 0.2) is 6.61 Å². The first-order chi connectivity index (χ1) is 17.7. The predicted molar refractivity (Wildman–Crippen MR) is 137 cm³/mol. The molecule has 0 aromatic carbocycles. The minimum Gasteiger partial charge on any atom is -0.467 e. The zero-order valence-corrected chi connectivity index (χ0v) is 22.2. The van der Waals surface area contributed by atoms with Crippen LogP contribution in [0.3, 0.4) is 0 Å². The lowest BCUT2D eigenvalue weighted by molar-refractivity contribution is -0.145. The number of rotatable bonds is 7. The van der Waals surface area contributed by atoms with Crippen molar-refractivity contribution in [3.63, 3.8) is 0 Å². The molecule has 1 heterocycles. The van der Waals surface area contributed by atoms with Crippen LogP contribution in [0.2, 0.25) is 0 Å². The van der Waals surface area contributed by atoms with Crippen LogP contribution in [0.25, 0.3) is 0 Å². The van der Waals surface area contributed by atoms with Crippen molar-refractivity contribution in [1.29, 1.82) is 0 Å². The summed E-state index contributed by atoms with van der Waals surface area (Å²) in [6.45, 7) is 4.48. The molecule has 4 aliphatic rings. The fraction of sp³-hybridized carbons (Fsp3) is 0.714. The van der Waals surface area contributed by atoms with Gasteiger partial charge in [-0.2, -0.15) is 0 Å². The number of H-pyrrole nitrogens is 1. The quantitative estimate of drug-likeness (QED) is 0.380. The van der Waals surface area contributed by atoms with Crippen LogP contribution < -0.4 is 5.32 Å². The summed E-state index contributed by atoms with van der Waals surface area (Å²) in [7, 11) is 1.29. The van der Waals surface area contributed by atoms with Crippen LogP contribution >= 0.6 is 0 Å². The van der Waals surface area contributed by atoms with E-state index in [1.54, 1.807) is 6.20 Å². The van der Waals surface area contributed by atoms with Gasteiger partial charge in [-0.15, -0.1) is 0 Å². The Balaban J connectivity index is 1.19. The number of nitrogens with one attached hydrogen (secondary N) is 2. The Labute approximate surface area is 218 Å². The zero-order valence-electron chi connectivity index (χ0n) is 22.2. The Hall–Kier alpha value is -2.68. The van der Waals surface area contributed by atoms with E-state index >= 15 is 0 Å². The SMILES string of the molecule is COC(=O)[C@@H](Cc1cnc[nH]1)NC(=O)CO/N=C1\C=C2CC[C@H]3[C@@H]4CC[C@@H](O)[C@@]4(C)CC[C@@H]3[C@@]2(C)CC1. The van der Waals surface area contributed by atoms with Crippen LogP contribution in [0, 0.1) is 28.6 Å². The van der Waals surface area contributed by atoms with Crippen LogP contribution in [0.1, 0.15) is 70.9 Å². The van der Waals surface area contributed by atoms with Crippen LogP contribution in [-0.2, 0) is 25.6 Å². The van der Waals surface area contributed by atoms with E-state index in [0.717, 1.165) is 49.9 Å². The number of fused-ring (bicyclic) bond motifs is 5. The second-order valence-electron chi connectivity index (χ2n) is 11.9. The normalized spacial score (nSPS) is 36.5. The lowest BCUT2D eigenvalue weighted by Crippen LogP contribution is -2.51. The molecular formula is C28H40N4O5. The molecular weight excluding hydrogens is 472 g/mol. The molecule has 37 heavy (non-hydrogen) atoms. The standard InChI is InChI=1S/C28H40N4O5/c1-27-10-8-18(32-37-15-25(34)31-23(26(35)36-3)13-19-14-29-16-30-19)12-17(27)4-5-20-21-6-7-24(33)28(21,2)11-9-22(20)27/h12,14,16,20-24,33H,4-11,13,15H2,1-3H3,(H,29,30)(H,31,34)/b32-18-/t20-,21-,22-,23+,24+,27-,28-/m0/s1. The number of aliphatic hydroxyl groups excluding tert-OH is 1. The molecule has 0 aliphatic heterocycles. The molecule has 202 valence electrons. The largest absolute Gasteiger partial charge is 0.467 e. The van der Waals surface area contributed by atoms with Crippen molar-refractivity contribution >= 4 is 17.6 Å². The third kappa shape index (κ3) is 4.82. The molecule has 7 atom stereocenters. The maximum atomic E-state index is 12.4. The van der Waals surface area contributed by atoms with E-state index < -0.39 is 17.9 Å². The molecule has 3 fully saturated rings. The highest BCUT2D eigenvalue weighted by atomic mass is 16.6. The van der Waals surface area contributed by atoms with Gasteiger partial charge in [0, 0.05) is 18.3 Å². The lowest BCUT2D eigenvalue weighted by Gasteiger charge is -2.57. The molecule has 4 aliphatic carbocycles. The summed E-state index contributed by atoms with van der Waals surface area (Å²) < 4.78 is 4.82. The van der Waals surface area contributed by atoms with Crippen molar-refractivity contribution in [2.24, 2.45) is 33.7 Å². The van der Waals surface area contributed by atoms with Gasteiger partial charge in [0.2, 0.25) is 0 Å². The molecule has 3 saturated carbocycles. The van der Waals surface area contributed by atoms with E-state index in [1.165, 1.54) is 31.9 Å². The summed E-state index contributed by atoms with van der Waals surface area (Å²) in [6, 6.07) is -0.833. The second-order valence-corrected chi connectivity index (χ2v) is 11.9. The number of aromatic amines is 1. The highest BCUT2D eigenvalue weighted by Crippen LogP contribution is 2.65. The van der Waals surface area contributed by atoms with Crippen molar-refractivity contribution in [3.05, 3.63) is 29.9 Å². The van der Waals surface area contributed by atoms with E-state index in [-0.39, 0.29) is 30.0 Å². The fourth-order valence-corrected chi connectivity index (χ4v) is 7.98. The Morgan fingerprint density at radius 3 is 2.81 bits per heavy atom. The number of aromatic nitrogens is 2. The molecule has 1 aromatic heterocycles. The van der Waals surface area contributed by atoms with Gasteiger partial charge in [0.1, 0.15) is 6.04 Å². The summed E-state index contributed by atoms with van der Waals surface area (Å²) in [5.74, 6) is 1.03. The number of ether oxygens (including phenoxy) is 1. The maximum Gasteiger partial charge on any atom is 0.328 e. The Morgan fingerprint density at radius 2 is 2.05 bits per heavy atom. The molecule has 0 spiro atoms. The second kappa shape index (κ2) is 10.2. The average molecular weight is 513 g/mol.